The molecule has 0 unspecified atom stereocenters. The third-order valence-electron chi connectivity index (χ3n) is 6.38. The van der Waals surface area contributed by atoms with Crippen molar-refractivity contribution in [1.29, 1.82) is 0 Å². The minimum atomic E-state index is -0.539. The molecule has 0 spiro atoms. The van der Waals surface area contributed by atoms with Crippen LogP contribution in [0, 0.1) is 5.92 Å². The van der Waals surface area contributed by atoms with Gasteiger partial charge in [0, 0.05) is 17.6 Å². The lowest BCUT2D eigenvalue weighted by Crippen LogP contribution is -2.46. The Hall–Kier alpha value is -3.60. The molecule has 3 N–H and O–H groups in total. The summed E-state index contributed by atoms with van der Waals surface area (Å²) in [5.74, 6) is 0.763. The highest BCUT2D eigenvalue weighted by atomic mass is 79.9. The molecule has 1 saturated heterocycles. The molecule has 6 rings (SSSR count). The van der Waals surface area contributed by atoms with Crippen LogP contribution in [0.1, 0.15) is 12.8 Å². The van der Waals surface area contributed by atoms with Crippen LogP contribution in [0.3, 0.4) is 0 Å². The summed E-state index contributed by atoms with van der Waals surface area (Å²) in [4.78, 5) is 45.5. The Balaban J connectivity index is 1.31. The molecule has 4 aromatic heterocycles. The number of hydrogen-bond acceptors (Lipinski definition) is 7. The summed E-state index contributed by atoms with van der Waals surface area (Å²) in [6.45, 7) is 0.00953. The Bertz CT molecular complexity index is 1440. The first-order valence-electron chi connectivity index (χ1n) is 10.6. The summed E-state index contributed by atoms with van der Waals surface area (Å²) in [6, 6.07) is 8.55. The van der Waals surface area contributed by atoms with Crippen LogP contribution in [0.4, 0.5) is 11.6 Å². The number of likely N-dealkylation sites (tertiary alicyclic amines) is 1. The molecule has 1 saturated carbocycles. The number of hydrogen-bond donors (Lipinski definition) is 2. The van der Waals surface area contributed by atoms with Crippen LogP contribution >= 0.6 is 15.9 Å². The van der Waals surface area contributed by atoms with E-state index in [1.54, 1.807) is 33.9 Å². The van der Waals surface area contributed by atoms with Crippen LogP contribution in [-0.2, 0) is 16.1 Å². The number of nitrogen functional groups attached to an aromatic ring is 1. The topological polar surface area (TPSA) is 132 Å². The van der Waals surface area contributed by atoms with E-state index in [4.69, 9.17) is 5.73 Å². The second-order valence-electron chi connectivity index (χ2n) is 8.37. The molecule has 0 radical (unpaired) electrons. The van der Waals surface area contributed by atoms with E-state index in [2.05, 4.69) is 41.2 Å². The van der Waals surface area contributed by atoms with Crippen molar-refractivity contribution in [2.45, 2.75) is 31.5 Å². The molecule has 3 atom stereocenters. The van der Waals surface area contributed by atoms with Crippen molar-refractivity contribution >= 4 is 61.4 Å². The van der Waals surface area contributed by atoms with Crippen LogP contribution in [0.15, 0.2) is 47.5 Å². The average molecular weight is 507 g/mol. The van der Waals surface area contributed by atoms with Crippen molar-refractivity contribution in [3.05, 3.63) is 47.5 Å². The Kier molecular flexibility index (Phi) is 4.54. The molecule has 0 aromatic carbocycles. The number of nitrogens with zero attached hydrogens (tertiary/aromatic N) is 6. The van der Waals surface area contributed by atoms with Gasteiger partial charge in [0.15, 0.2) is 0 Å². The molecule has 1 aliphatic heterocycles. The second-order valence-corrected chi connectivity index (χ2v) is 9.18. The number of rotatable bonds is 4. The van der Waals surface area contributed by atoms with Gasteiger partial charge in [0.1, 0.15) is 46.4 Å². The summed E-state index contributed by atoms with van der Waals surface area (Å²) in [5, 5.41) is 4.31. The smallest absolute Gasteiger partial charge is 0.248 e. The predicted octanol–water partition coefficient (Wildman–Crippen LogP) is 2.35. The van der Waals surface area contributed by atoms with Crippen molar-refractivity contribution in [2.75, 3.05) is 11.1 Å². The summed E-state index contributed by atoms with van der Waals surface area (Å²) >= 11 is 3.31. The molecule has 166 valence electrons. The largest absolute Gasteiger partial charge is 0.383 e. The number of carbonyl (C=O) groups excluding carboxylic acids is 2. The van der Waals surface area contributed by atoms with Crippen molar-refractivity contribution in [1.82, 2.24) is 29.4 Å². The number of amides is 2. The zero-order valence-corrected chi connectivity index (χ0v) is 18.9. The highest BCUT2D eigenvalue weighted by molar-refractivity contribution is 9.10. The highest BCUT2D eigenvalue weighted by Gasteiger charge is 2.56. The van der Waals surface area contributed by atoms with E-state index in [0.29, 0.717) is 45.3 Å². The normalized spacial score (nSPS) is 21.4. The van der Waals surface area contributed by atoms with E-state index in [9.17, 15) is 9.59 Å². The van der Waals surface area contributed by atoms with E-state index in [1.807, 2.05) is 12.1 Å². The van der Waals surface area contributed by atoms with Crippen LogP contribution in [0.2, 0.25) is 0 Å². The zero-order valence-electron chi connectivity index (χ0n) is 17.3. The van der Waals surface area contributed by atoms with E-state index >= 15 is 0 Å². The lowest BCUT2D eigenvalue weighted by Gasteiger charge is -2.27. The maximum Gasteiger partial charge on any atom is 0.248 e. The van der Waals surface area contributed by atoms with Gasteiger partial charge in [-0.25, -0.2) is 19.9 Å². The van der Waals surface area contributed by atoms with Gasteiger partial charge < -0.3 is 20.5 Å². The number of piperidine rings is 1. The number of aromatic nitrogens is 5. The quantitative estimate of drug-likeness (QED) is 0.406. The highest BCUT2D eigenvalue weighted by Crippen LogP contribution is 2.48. The van der Waals surface area contributed by atoms with Crippen LogP contribution in [0.5, 0.6) is 0 Å². The van der Waals surface area contributed by atoms with Crippen molar-refractivity contribution in [3.63, 3.8) is 0 Å². The van der Waals surface area contributed by atoms with Gasteiger partial charge in [-0.2, -0.15) is 0 Å². The fraction of sp³-hybridized carbons (Fsp3) is 0.273. The van der Waals surface area contributed by atoms with Crippen LogP contribution in [-0.4, -0.2) is 53.3 Å². The van der Waals surface area contributed by atoms with Crippen LogP contribution in [0.25, 0.3) is 22.1 Å². The molecule has 11 heteroatoms. The van der Waals surface area contributed by atoms with Gasteiger partial charge in [0.05, 0.1) is 5.39 Å². The third-order valence-corrected chi connectivity index (χ3v) is 6.82. The molecule has 1 aliphatic carbocycles. The Morgan fingerprint density at radius 1 is 1.12 bits per heavy atom. The SMILES string of the molecule is Nc1ncnc2c1c1cccnc1n2CC(=O)N1[C@@H]2C[C@@H]2C[C@H]1C(=O)Nc1cccc(Br)n1. The van der Waals surface area contributed by atoms with Gasteiger partial charge in [-0.15, -0.1) is 0 Å². The van der Waals surface area contributed by atoms with Gasteiger partial charge in [-0.05, 0) is 59.0 Å². The lowest BCUT2D eigenvalue weighted by atomic mass is 10.1. The standard InChI is InChI=1S/C22H19BrN8O2/c23-15-4-1-5-16(28-15)29-22(33)14-8-11-7-13(11)31(14)17(32)9-30-20-12(3-2-6-25-20)18-19(24)26-10-27-21(18)30/h1-6,10-11,13-14H,7-9H2,(H2,24,26,27)(H,28,29,33)/t11-,13-,14+/m1/s1. The Labute approximate surface area is 196 Å². The van der Waals surface area contributed by atoms with E-state index in [-0.39, 0.29) is 24.4 Å². The number of halogens is 1. The third kappa shape index (κ3) is 3.30. The number of anilines is 2. The van der Waals surface area contributed by atoms with Gasteiger partial charge >= 0.3 is 0 Å². The lowest BCUT2D eigenvalue weighted by molar-refractivity contribution is -0.138. The first kappa shape index (κ1) is 20.0. The van der Waals surface area contributed by atoms with Gasteiger partial charge in [0.2, 0.25) is 11.8 Å². The molecule has 2 fully saturated rings. The molecule has 0 bridgehead atoms. The van der Waals surface area contributed by atoms with E-state index in [0.717, 1.165) is 11.8 Å². The van der Waals surface area contributed by atoms with Crippen molar-refractivity contribution < 1.29 is 9.59 Å². The number of nitrogens with two attached hydrogens (primary N) is 1. The average Bonchev–Trinajstić information content (AvgIpc) is 3.34. The number of pyridine rings is 2. The summed E-state index contributed by atoms with van der Waals surface area (Å²) < 4.78 is 2.38. The summed E-state index contributed by atoms with van der Waals surface area (Å²) in [6.07, 6.45) is 4.62. The summed E-state index contributed by atoms with van der Waals surface area (Å²) in [7, 11) is 0. The molecular formula is C22H19BrN8O2. The Morgan fingerprint density at radius 2 is 2.00 bits per heavy atom. The van der Waals surface area contributed by atoms with E-state index in [1.165, 1.54) is 6.33 Å². The monoisotopic (exact) mass is 506 g/mol. The molecule has 10 nitrogen and oxygen atoms in total. The predicted molar refractivity (Wildman–Crippen MR) is 125 cm³/mol. The van der Waals surface area contributed by atoms with Gasteiger partial charge in [-0.1, -0.05) is 6.07 Å². The fourth-order valence-electron chi connectivity index (χ4n) is 4.86. The number of carbonyl (C=O) groups is 2. The Morgan fingerprint density at radius 3 is 2.85 bits per heavy atom. The molecule has 5 heterocycles. The van der Waals surface area contributed by atoms with E-state index < -0.39 is 6.04 Å². The molecule has 2 aliphatic rings. The second kappa shape index (κ2) is 7.48. The molecule has 33 heavy (non-hydrogen) atoms. The molecule has 2 amide bonds. The molecular weight excluding hydrogens is 488 g/mol. The first-order valence-corrected chi connectivity index (χ1v) is 11.4. The minimum absolute atomic E-state index is 0.00953. The first-order chi connectivity index (χ1) is 16.0. The zero-order chi connectivity index (χ0) is 22.7. The van der Waals surface area contributed by atoms with Crippen molar-refractivity contribution in [2.24, 2.45) is 5.92 Å². The number of fused-ring (bicyclic) bond motifs is 4. The number of nitrogens with one attached hydrogen (secondary N) is 1. The maximum atomic E-state index is 13.5. The van der Waals surface area contributed by atoms with Gasteiger partial charge in [0.25, 0.3) is 0 Å². The summed E-state index contributed by atoms with van der Waals surface area (Å²) in [5.41, 5.74) is 7.27. The minimum Gasteiger partial charge on any atom is -0.383 e. The van der Waals surface area contributed by atoms with Crippen LogP contribution < -0.4 is 11.1 Å². The fourth-order valence-corrected chi connectivity index (χ4v) is 5.21. The van der Waals surface area contributed by atoms with Crippen molar-refractivity contribution in [3.8, 4) is 0 Å². The molecule has 4 aromatic rings. The maximum absolute atomic E-state index is 13.5. The van der Waals surface area contributed by atoms with Gasteiger partial charge in [-0.3, -0.25) is 9.59 Å².